The Morgan fingerprint density at radius 3 is 2.82 bits per heavy atom. The quantitative estimate of drug-likeness (QED) is 0.605. The largest absolute Gasteiger partial charge is 0.465 e. The zero-order chi connectivity index (χ0) is 8.27. The topological polar surface area (TPSA) is 38.3 Å². The first-order valence-electron chi connectivity index (χ1n) is 4.13. The molecule has 2 atom stereocenters. The fourth-order valence-corrected chi connectivity index (χ4v) is 1.03. The van der Waals surface area contributed by atoms with Gasteiger partial charge in [-0.2, -0.15) is 0 Å². The van der Waals surface area contributed by atoms with E-state index in [0.29, 0.717) is 19.2 Å². The lowest BCUT2D eigenvalue weighted by molar-refractivity contribution is -0.142. The van der Waals surface area contributed by atoms with Crippen molar-refractivity contribution in [1.29, 1.82) is 0 Å². The molecule has 0 aromatic heterocycles. The number of esters is 1. The molecule has 0 heterocycles. The van der Waals surface area contributed by atoms with Gasteiger partial charge in [0.1, 0.15) is 0 Å². The molecule has 3 nitrogen and oxygen atoms in total. The molecule has 0 spiro atoms. The van der Waals surface area contributed by atoms with E-state index >= 15 is 0 Å². The van der Waals surface area contributed by atoms with E-state index in [1.54, 1.807) is 0 Å². The van der Waals surface area contributed by atoms with Gasteiger partial charge in [-0.15, -0.1) is 0 Å². The fraction of sp³-hybridized carbons (Fsp3) is 0.875. The van der Waals surface area contributed by atoms with Crippen LogP contribution in [-0.2, 0) is 9.53 Å². The van der Waals surface area contributed by atoms with Gasteiger partial charge in [-0.05, 0) is 19.3 Å². The molecule has 64 valence electrons. The number of nitrogens with one attached hydrogen (secondary N) is 1. The number of ether oxygens (including phenoxy) is 1. The van der Waals surface area contributed by atoms with Crippen molar-refractivity contribution in [2.24, 2.45) is 5.92 Å². The molecule has 1 rings (SSSR count). The number of carbonyl (C=O) groups is 1. The van der Waals surface area contributed by atoms with Crippen LogP contribution in [0.2, 0.25) is 0 Å². The monoisotopic (exact) mass is 157 g/mol. The normalized spacial score (nSPS) is 28.2. The third kappa shape index (κ3) is 2.89. The Bertz CT molecular complexity index is 147. The molecule has 3 heteroatoms. The van der Waals surface area contributed by atoms with Crippen LogP contribution in [0.1, 0.15) is 20.3 Å². The lowest BCUT2D eigenvalue weighted by atomic mass is 10.5. The first-order valence-corrected chi connectivity index (χ1v) is 4.13. The van der Waals surface area contributed by atoms with E-state index in [0.717, 1.165) is 5.92 Å². The van der Waals surface area contributed by atoms with Crippen LogP contribution in [0.4, 0.5) is 0 Å². The summed E-state index contributed by atoms with van der Waals surface area (Å²) in [4.78, 5) is 10.8. The van der Waals surface area contributed by atoms with Crippen molar-refractivity contribution in [3.05, 3.63) is 0 Å². The van der Waals surface area contributed by atoms with E-state index in [4.69, 9.17) is 4.74 Å². The lowest BCUT2D eigenvalue weighted by Gasteiger charge is -2.01. The second-order valence-corrected chi connectivity index (χ2v) is 3.01. The van der Waals surface area contributed by atoms with Crippen LogP contribution in [0.3, 0.4) is 0 Å². The van der Waals surface area contributed by atoms with Crippen molar-refractivity contribution in [2.75, 3.05) is 13.2 Å². The number of hydrogen-bond donors (Lipinski definition) is 1. The summed E-state index contributed by atoms with van der Waals surface area (Å²) in [5.74, 6) is 0.594. The second-order valence-electron chi connectivity index (χ2n) is 3.01. The highest BCUT2D eigenvalue weighted by Crippen LogP contribution is 2.28. The van der Waals surface area contributed by atoms with Gasteiger partial charge < -0.3 is 10.1 Å². The van der Waals surface area contributed by atoms with Crippen molar-refractivity contribution in [1.82, 2.24) is 5.32 Å². The SMILES string of the molecule is CCOC(=O)CNC1CC1C. The van der Waals surface area contributed by atoms with Crippen molar-refractivity contribution in [3.8, 4) is 0 Å². The van der Waals surface area contributed by atoms with Crippen LogP contribution < -0.4 is 5.32 Å². The van der Waals surface area contributed by atoms with Crippen LogP contribution in [-0.4, -0.2) is 25.2 Å². The zero-order valence-corrected chi connectivity index (χ0v) is 7.09. The average Bonchev–Trinajstić information content (AvgIpc) is 2.63. The number of carbonyl (C=O) groups excluding carboxylic acids is 1. The molecule has 0 bridgehead atoms. The summed E-state index contributed by atoms with van der Waals surface area (Å²) in [6.45, 7) is 4.82. The predicted octanol–water partition coefficient (Wildman–Crippen LogP) is 0.547. The van der Waals surface area contributed by atoms with Crippen molar-refractivity contribution in [3.63, 3.8) is 0 Å². The summed E-state index contributed by atoms with van der Waals surface area (Å²) in [5, 5.41) is 3.12. The standard InChI is InChI=1S/C8H15NO2/c1-3-11-8(10)5-9-7-4-6(7)2/h6-7,9H,3-5H2,1-2H3. The van der Waals surface area contributed by atoms with Gasteiger partial charge in [0.2, 0.25) is 0 Å². The summed E-state index contributed by atoms with van der Waals surface area (Å²) >= 11 is 0. The fourth-order valence-electron chi connectivity index (χ4n) is 1.03. The molecule has 1 N–H and O–H groups in total. The molecule has 11 heavy (non-hydrogen) atoms. The number of rotatable bonds is 4. The van der Waals surface area contributed by atoms with Crippen LogP contribution >= 0.6 is 0 Å². The first kappa shape index (κ1) is 8.53. The second kappa shape index (κ2) is 3.72. The van der Waals surface area contributed by atoms with Crippen LogP contribution in [0.25, 0.3) is 0 Å². The highest BCUT2D eigenvalue weighted by Gasteiger charge is 2.32. The molecule has 1 saturated carbocycles. The van der Waals surface area contributed by atoms with Crippen LogP contribution in [0, 0.1) is 5.92 Å². The molecular formula is C8H15NO2. The van der Waals surface area contributed by atoms with Gasteiger partial charge in [-0.1, -0.05) is 6.92 Å². The molecule has 0 aromatic carbocycles. The average molecular weight is 157 g/mol. The Morgan fingerprint density at radius 1 is 1.73 bits per heavy atom. The van der Waals surface area contributed by atoms with E-state index < -0.39 is 0 Å². The van der Waals surface area contributed by atoms with Crippen LogP contribution in [0.15, 0.2) is 0 Å². The molecule has 0 aliphatic heterocycles. The molecular weight excluding hydrogens is 142 g/mol. The minimum atomic E-state index is -0.147. The highest BCUT2D eigenvalue weighted by atomic mass is 16.5. The third-order valence-electron chi connectivity index (χ3n) is 1.92. The van der Waals surface area contributed by atoms with Crippen LogP contribution in [0.5, 0.6) is 0 Å². The molecule has 1 aliphatic carbocycles. The third-order valence-corrected chi connectivity index (χ3v) is 1.92. The van der Waals surface area contributed by atoms with E-state index in [2.05, 4.69) is 12.2 Å². The Kier molecular flexibility index (Phi) is 2.88. The Hall–Kier alpha value is -0.570. The van der Waals surface area contributed by atoms with Crippen molar-refractivity contribution < 1.29 is 9.53 Å². The maximum Gasteiger partial charge on any atom is 0.319 e. The summed E-state index contributed by atoms with van der Waals surface area (Å²) < 4.78 is 4.75. The maximum absolute atomic E-state index is 10.8. The van der Waals surface area contributed by atoms with Gasteiger partial charge in [-0.25, -0.2) is 0 Å². The summed E-state index contributed by atoms with van der Waals surface area (Å²) in [6, 6.07) is 0.555. The first-order chi connectivity index (χ1) is 5.24. The van der Waals surface area contributed by atoms with Gasteiger partial charge in [0.15, 0.2) is 0 Å². The van der Waals surface area contributed by atoms with E-state index in [1.165, 1.54) is 6.42 Å². The molecule has 1 aliphatic rings. The van der Waals surface area contributed by atoms with Crippen molar-refractivity contribution >= 4 is 5.97 Å². The molecule has 0 saturated heterocycles. The predicted molar refractivity (Wildman–Crippen MR) is 42.2 cm³/mol. The van der Waals surface area contributed by atoms with Gasteiger partial charge in [0.25, 0.3) is 0 Å². The Morgan fingerprint density at radius 2 is 2.36 bits per heavy atom. The molecule has 0 radical (unpaired) electrons. The maximum atomic E-state index is 10.8. The summed E-state index contributed by atoms with van der Waals surface area (Å²) in [5.41, 5.74) is 0. The molecule has 0 amide bonds. The molecule has 1 fully saturated rings. The Balaban J connectivity index is 1.98. The minimum Gasteiger partial charge on any atom is -0.465 e. The lowest BCUT2D eigenvalue weighted by Crippen LogP contribution is -2.27. The van der Waals surface area contributed by atoms with Gasteiger partial charge in [0.05, 0.1) is 13.2 Å². The zero-order valence-electron chi connectivity index (χ0n) is 7.09. The minimum absolute atomic E-state index is 0.147. The van der Waals surface area contributed by atoms with Crippen molar-refractivity contribution in [2.45, 2.75) is 26.3 Å². The van der Waals surface area contributed by atoms with E-state index in [-0.39, 0.29) is 5.97 Å². The van der Waals surface area contributed by atoms with E-state index in [1.807, 2.05) is 6.92 Å². The summed E-state index contributed by atoms with van der Waals surface area (Å²) in [7, 11) is 0. The highest BCUT2D eigenvalue weighted by molar-refractivity contribution is 5.71. The summed E-state index contributed by atoms with van der Waals surface area (Å²) in [6.07, 6.45) is 1.19. The van der Waals surface area contributed by atoms with Gasteiger partial charge in [-0.3, -0.25) is 4.79 Å². The molecule has 0 aromatic rings. The smallest absolute Gasteiger partial charge is 0.319 e. The van der Waals surface area contributed by atoms with E-state index in [9.17, 15) is 4.79 Å². The number of hydrogen-bond acceptors (Lipinski definition) is 3. The molecule has 2 unspecified atom stereocenters. The Labute approximate surface area is 67.1 Å². The van der Waals surface area contributed by atoms with Gasteiger partial charge >= 0.3 is 5.97 Å². The van der Waals surface area contributed by atoms with Gasteiger partial charge in [0, 0.05) is 6.04 Å².